The molecule has 5 rings (SSSR count). The molecule has 0 unspecified atom stereocenters. The van der Waals surface area contributed by atoms with Crippen LogP contribution in [0.1, 0.15) is 40.9 Å². The Hall–Kier alpha value is -3.25. The van der Waals surface area contributed by atoms with Crippen molar-refractivity contribution < 1.29 is 4.79 Å². The standard InChI is InChI=1S/C25H27N5O/c31-25(27-21-7-4-14-30(17-21)16-18-5-2-1-3-6-18)20-8-9-23-22(15-20)24(29-28-23)19-10-12-26-13-11-19/h1-3,5-6,8-10,12,15,21H,4,7,11,13-14,16-17H2,(H,27,31)(H,28,29)/t21-/m0/s1. The molecule has 1 fully saturated rings. The summed E-state index contributed by atoms with van der Waals surface area (Å²) in [4.78, 5) is 19.7. The van der Waals surface area contributed by atoms with Gasteiger partial charge in [-0.05, 0) is 61.2 Å². The third-order valence-electron chi connectivity index (χ3n) is 6.11. The molecule has 1 saturated heterocycles. The Labute approximate surface area is 182 Å². The van der Waals surface area contributed by atoms with Crippen molar-refractivity contribution in [2.45, 2.75) is 31.8 Å². The predicted octanol–water partition coefficient (Wildman–Crippen LogP) is 3.82. The SMILES string of the molecule is O=C(N[C@H]1CCCN(Cc2ccccc2)C1)c1ccc2[nH]nc(C3=CC=NCC3)c2c1. The van der Waals surface area contributed by atoms with E-state index >= 15 is 0 Å². The number of aliphatic imine (C=N–C) groups is 1. The molecule has 1 aromatic heterocycles. The molecule has 1 atom stereocenters. The number of carbonyl (C=O) groups is 1. The summed E-state index contributed by atoms with van der Waals surface area (Å²) >= 11 is 0. The van der Waals surface area contributed by atoms with E-state index in [1.165, 1.54) is 5.56 Å². The van der Waals surface area contributed by atoms with Crippen molar-refractivity contribution in [3.8, 4) is 0 Å². The van der Waals surface area contributed by atoms with Gasteiger partial charge in [-0.2, -0.15) is 5.10 Å². The first-order valence-corrected chi connectivity index (χ1v) is 11.0. The molecule has 3 heterocycles. The number of benzene rings is 2. The van der Waals surface area contributed by atoms with Gasteiger partial charge < -0.3 is 5.32 Å². The van der Waals surface area contributed by atoms with Crippen molar-refractivity contribution in [2.75, 3.05) is 19.6 Å². The summed E-state index contributed by atoms with van der Waals surface area (Å²) in [6, 6.07) is 16.5. The quantitative estimate of drug-likeness (QED) is 0.668. The number of fused-ring (bicyclic) bond motifs is 1. The molecule has 158 valence electrons. The highest BCUT2D eigenvalue weighted by molar-refractivity contribution is 6.01. The number of nitrogens with zero attached hydrogens (tertiary/aromatic N) is 3. The van der Waals surface area contributed by atoms with Crippen LogP contribution in [0.4, 0.5) is 0 Å². The number of aromatic amines is 1. The van der Waals surface area contributed by atoms with Crippen LogP contribution in [0.2, 0.25) is 0 Å². The fourth-order valence-electron chi connectivity index (χ4n) is 4.51. The van der Waals surface area contributed by atoms with Gasteiger partial charge in [-0.3, -0.25) is 19.8 Å². The Balaban J connectivity index is 1.28. The van der Waals surface area contributed by atoms with E-state index in [0.717, 1.165) is 67.6 Å². The van der Waals surface area contributed by atoms with Crippen molar-refractivity contribution >= 4 is 28.6 Å². The van der Waals surface area contributed by atoms with Gasteiger partial charge in [-0.1, -0.05) is 30.3 Å². The van der Waals surface area contributed by atoms with Gasteiger partial charge in [0.2, 0.25) is 0 Å². The first-order valence-electron chi connectivity index (χ1n) is 11.0. The number of piperidine rings is 1. The smallest absolute Gasteiger partial charge is 0.251 e. The molecule has 1 amide bonds. The summed E-state index contributed by atoms with van der Waals surface area (Å²) in [6.07, 6.45) is 6.82. The summed E-state index contributed by atoms with van der Waals surface area (Å²) in [5.41, 5.74) is 5.02. The maximum atomic E-state index is 13.0. The van der Waals surface area contributed by atoms with Gasteiger partial charge in [0.1, 0.15) is 0 Å². The number of amides is 1. The average molecular weight is 414 g/mol. The van der Waals surface area contributed by atoms with Crippen LogP contribution in [-0.4, -0.2) is 52.9 Å². The van der Waals surface area contributed by atoms with Crippen LogP contribution >= 0.6 is 0 Å². The Morgan fingerprint density at radius 1 is 1.19 bits per heavy atom. The second-order valence-electron chi connectivity index (χ2n) is 8.36. The van der Waals surface area contributed by atoms with E-state index in [2.05, 4.69) is 49.7 Å². The van der Waals surface area contributed by atoms with Crippen LogP contribution in [0.15, 0.2) is 59.6 Å². The molecule has 2 aromatic carbocycles. The lowest BCUT2D eigenvalue weighted by Crippen LogP contribution is -2.47. The van der Waals surface area contributed by atoms with E-state index in [0.29, 0.717) is 5.56 Å². The summed E-state index contributed by atoms with van der Waals surface area (Å²) < 4.78 is 0. The van der Waals surface area contributed by atoms with E-state index in [9.17, 15) is 4.79 Å². The monoisotopic (exact) mass is 413 g/mol. The zero-order valence-corrected chi connectivity index (χ0v) is 17.6. The molecule has 2 N–H and O–H groups in total. The van der Waals surface area contributed by atoms with Crippen LogP contribution in [0, 0.1) is 0 Å². The third kappa shape index (κ3) is 4.44. The topological polar surface area (TPSA) is 73.4 Å². The molecule has 2 aliphatic heterocycles. The molecule has 0 bridgehead atoms. The summed E-state index contributed by atoms with van der Waals surface area (Å²) in [6.45, 7) is 3.66. The molecular weight excluding hydrogens is 386 g/mol. The van der Waals surface area contributed by atoms with Gasteiger partial charge in [-0.15, -0.1) is 0 Å². The van der Waals surface area contributed by atoms with Crippen LogP contribution in [0.5, 0.6) is 0 Å². The van der Waals surface area contributed by atoms with Crippen LogP contribution < -0.4 is 5.32 Å². The Bertz CT molecular complexity index is 1130. The van der Waals surface area contributed by atoms with E-state index in [1.807, 2.05) is 36.6 Å². The van der Waals surface area contributed by atoms with Gasteiger partial charge in [0.15, 0.2) is 0 Å². The Morgan fingerprint density at radius 2 is 2.10 bits per heavy atom. The molecule has 3 aromatic rings. The van der Waals surface area contributed by atoms with Crippen molar-refractivity contribution in [3.05, 3.63) is 71.4 Å². The minimum Gasteiger partial charge on any atom is -0.348 e. The first kappa shape index (κ1) is 19.7. The Morgan fingerprint density at radius 3 is 2.94 bits per heavy atom. The molecule has 0 saturated carbocycles. The lowest BCUT2D eigenvalue weighted by Gasteiger charge is -2.33. The molecule has 6 heteroatoms. The maximum absolute atomic E-state index is 13.0. The molecule has 0 spiro atoms. The molecular formula is C25H27N5O. The first-order chi connectivity index (χ1) is 15.3. The van der Waals surface area contributed by atoms with Crippen molar-refractivity contribution in [2.24, 2.45) is 4.99 Å². The third-order valence-corrected chi connectivity index (χ3v) is 6.11. The number of aromatic nitrogens is 2. The second-order valence-corrected chi connectivity index (χ2v) is 8.36. The fourth-order valence-corrected chi connectivity index (χ4v) is 4.51. The number of allylic oxidation sites excluding steroid dienone is 1. The number of likely N-dealkylation sites (tertiary alicyclic amines) is 1. The molecule has 0 radical (unpaired) electrons. The minimum absolute atomic E-state index is 0.0141. The van der Waals surface area contributed by atoms with Crippen LogP contribution in [0.3, 0.4) is 0 Å². The number of H-pyrrole nitrogens is 1. The maximum Gasteiger partial charge on any atom is 0.251 e. The normalized spacial score (nSPS) is 19.4. The van der Waals surface area contributed by atoms with Crippen LogP contribution in [0.25, 0.3) is 16.5 Å². The van der Waals surface area contributed by atoms with E-state index in [1.54, 1.807) is 0 Å². The number of dihydropyridines is 1. The van der Waals surface area contributed by atoms with E-state index < -0.39 is 0 Å². The molecule has 31 heavy (non-hydrogen) atoms. The van der Waals surface area contributed by atoms with Crippen molar-refractivity contribution in [1.29, 1.82) is 0 Å². The van der Waals surface area contributed by atoms with Gasteiger partial charge in [0.05, 0.1) is 11.2 Å². The number of carbonyl (C=O) groups excluding carboxylic acids is 1. The predicted molar refractivity (Wildman–Crippen MR) is 124 cm³/mol. The number of hydrogen-bond acceptors (Lipinski definition) is 4. The largest absolute Gasteiger partial charge is 0.348 e. The highest BCUT2D eigenvalue weighted by atomic mass is 16.1. The zero-order chi connectivity index (χ0) is 21.0. The highest BCUT2D eigenvalue weighted by Gasteiger charge is 2.22. The lowest BCUT2D eigenvalue weighted by molar-refractivity contribution is 0.0901. The van der Waals surface area contributed by atoms with E-state index in [4.69, 9.17) is 0 Å². The van der Waals surface area contributed by atoms with Gasteiger partial charge >= 0.3 is 0 Å². The van der Waals surface area contributed by atoms with E-state index in [-0.39, 0.29) is 11.9 Å². The van der Waals surface area contributed by atoms with Crippen LogP contribution in [-0.2, 0) is 6.54 Å². The fraction of sp³-hybridized carbons (Fsp3) is 0.320. The zero-order valence-electron chi connectivity index (χ0n) is 17.6. The average Bonchev–Trinajstić information content (AvgIpc) is 3.24. The molecule has 2 aliphatic rings. The van der Waals surface area contributed by atoms with Gasteiger partial charge in [-0.25, -0.2) is 0 Å². The van der Waals surface area contributed by atoms with Crippen molar-refractivity contribution in [1.82, 2.24) is 20.4 Å². The lowest BCUT2D eigenvalue weighted by atomic mass is 10.0. The molecule has 6 nitrogen and oxygen atoms in total. The van der Waals surface area contributed by atoms with Crippen molar-refractivity contribution in [3.63, 3.8) is 0 Å². The number of hydrogen-bond donors (Lipinski definition) is 2. The number of rotatable bonds is 5. The summed E-state index contributed by atoms with van der Waals surface area (Å²) in [7, 11) is 0. The van der Waals surface area contributed by atoms with Gasteiger partial charge in [0.25, 0.3) is 5.91 Å². The Kier molecular flexibility index (Phi) is 5.63. The summed E-state index contributed by atoms with van der Waals surface area (Å²) in [5, 5.41) is 11.8. The number of nitrogens with one attached hydrogen (secondary N) is 2. The highest BCUT2D eigenvalue weighted by Crippen LogP contribution is 2.27. The molecule has 0 aliphatic carbocycles. The summed E-state index contributed by atoms with van der Waals surface area (Å²) in [5.74, 6) is -0.0141. The van der Waals surface area contributed by atoms with Gasteiger partial charge in [0, 0.05) is 42.8 Å². The minimum atomic E-state index is -0.0141. The second kappa shape index (κ2) is 8.86.